The fourth-order valence-electron chi connectivity index (χ4n) is 3.17. The zero-order chi connectivity index (χ0) is 20.2. The predicted octanol–water partition coefficient (Wildman–Crippen LogP) is 4.88. The Kier molecular flexibility index (Phi) is 5.36. The number of esters is 1. The first-order valence-electron chi connectivity index (χ1n) is 9.09. The molecule has 0 fully saturated rings. The number of ketones is 1. The second-order valence-electron chi connectivity index (χ2n) is 6.52. The van der Waals surface area contributed by atoms with Crippen molar-refractivity contribution in [3.8, 4) is 5.75 Å². The van der Waals surface area contributed by atoms with Crippen molar-refractivity contribution in [1.29, 1.82) is 0 Å². The van der Waals surface area contributed by atoms with Crippen molar-refractivity contribution >= 4 is 34.1 Å². The SMILES string of the molecule is O=C(C[n+]1ccc2ccccc2c1C(=O)Oc1cccc(Cl)c1)c1ccccc1. The van der Waals surface area contributed by atoms with Crippen LogP contribution < -0.4 is 9.30 Å². The lowest BCUT2D eigenvalue weighted by Gasteiger charge is -2.08. The first-order valence-corrected chi connectivity index (χ1v) is 9.47. The summed E-state index contributed by atoms with van der Waals surface area (Å²) in [4.78, 5) is 25.8. The van der Waals surface area contributed by atoms with E-state index in [0.717, 1.165) is 5.39 Å². The van der Waals surface area contributed by atoms with Crippen LogP contribution in [0.4, 0.5) is 0 Å². The van der Waals surface area contributed by atoms with Crippen molar-refractivity contribution in [2.45, 2.75) is 6.54 Å². The van der Waals surface area contributed by atoms with Gasteiger partial charge in [-0.05, 0) is 29.7 Å². The smallest absolute Gasteiger partial charge is 0.409 e. The van der Waals surface area contributed by atoms with Gasteiger partial charge in [-0.25, -0.2) is 4.79 Å². The van der Waals surface area contributed by atoms with Crippen molar-refractivity contribution in [2.24, 2.45) is 0 Å². The van der Waals surface area contributed by atoms with Gasteiger partial charge in [0.05, 0.1) is 5.39 Å². The summed E-state index contributed by atoms with van der Waals surface area (Å²) in [5.74, 6) is -0.302. The minimum atomic E-state index is -0.551. The molecule has 0 spiro atoms. The molecule has 0 unspecified atom stereocenters. The second kappa shape index (κ2) is 8.25. The number of fused-ring (bicyclic) bond motifs is 1. The van der Waals surface area contributed by atoms with Crippen LogP contribution in [-0.4, -0.2) is 11.8 Å². The van der Waals surface area contributed by atoms with Crippen LogP contribution in [0.3, 0.4) is 0 Å². The standard InChI is InChI=1S/C24H17ClNO3/c25-19-10-6-11-20(15-19)29-24(28)23-21-12-5-4-7-17(21)13-14-26(23)16-22(27)18-8-2-1-3-9-18/h1-15H,16H2/q+1. The minimum absolute atomic E-state index is 0.0226. The molecule has 0 saturated carbocycles. The average molecular weight is 403 g/mol. The van der Waals surface area contributed by atoms with Crippen molar-refractivity contribution in [3.63, 3.8) is 0 Å². The van der Waals surface area contributed by atoms with Crippen molar-refractivity contribution in [1.82, 2.24) is 0 Å². The Hall–Kier alpha value is -3.50. The number of aromatic nitrogens is 1. The third-order valence-electron chi connectivity index (χ3n) is 4.55. The fraction of sp³-hybridized carbons (Fsp3) is 0.0417. The van der Waals surface area contributed by atoms with Crippen LogP contribution in [0, 0.1) is 0 Å². The van der Waals surface area contributed by atoms with Gasteiger partial charge in [0.15, 0.2) is 6.20 Å². The van der Waals surface area contributed by atoms with E-state index in [1.165, 1.54) is 0 Å². The zero-order valence-electron chi connectivity index (χ0n) is 15.4. The number of ether oxygens (including phenoxy) is 1. The molecule has 0 radical (unpaired) electrons. The van der Waals surface area contributed by atoms with E-state index < -0.39 is 5.97 Å². The van der Waals surface area contributed by atoms with Gasteiger partial charge in [-0.2, -0.15) is 4.57 Å². The molecule has 1 aromatic heterocycles. The lowest BCUT2D eigenvalue weighted by atomic mass is 10.1. The van der Waals surface area contributed by atoms with Crippen LogP contribution in [-0.2, 0) is 6.54 Å². The van der Waals surface area contributed by atoms with Crippen LogP contribution >= 0.6 is 11.6 Å². The Morgan fingerprint density at radius 1 is 0.862 bits per heavy atom. The van der Waals surface area contributed by atoms with Crippen LogP contribution in [0.15, 0.2) is 91.1 Å². The van der Waals surface area contributed by atoms with Gasteiger partial charge >= 0.3 is 5.97 Å². The van der Waals surface area contributed by atoms with Gasteiger partial charge < -0.3 is 4.74 Å². The Labute approximate surface area is 172 Å². The van der Waals surface area contributed by atoms with Crippen LogP contribution in [0.25, 0.3) is 10.8 Å². The maximum atomic E-state index is 13.1. The molecular formula is C24H17ClNO3+. The number of Topliss-reactive ketones (excluding diaryl/α,β-unsaturated/α-hetero) is 1. The number of benzene rings is 3. The van der Waals surface area contributed by atoms with Crippen LogP contribution in [0.5, 0.6) is 5.75 Å². The van der Waals surface area contributed by atoms with Gasteiger partial charge in [-0.15, -0.1) is 0 Å². The molecule has 29 heavy (non-hydrogen) atoms. The highest BCUT2D eigenvalue weighted by Gasteiger charge is 2.27. The Bertz CT molecular complexity index is 1210. The summed E-state index contributed by atoms with van der Waals surface area (Å²) in [5.41, 5.74) is 0.898. The topological polar surface area (TPSA) is 47.2 Å². The molecule has 5 heteroatoms. The van der Waals surface area contributed by atoms with Gasteiger partial charge in [-0.1, -0.05) is 66.2 Å². The molecule has 0 amide bonds. The summed E-state index contributed by atoms with van der Waals surface area (Å²) in [6.07, 6.45) is 1.73. The first kappa shape index (κ1) is 18.8. The van der Waals surface area contributed by atoms with E-state index in [9.17, 15) is 9.59 Å². The Morgan fingerprint density at radius 3 is 2.41 bits per heavy atom. The lowest BCUT2D eigenvalue weighted by molar-refractivity contribution is -0.684. The normalized spacial score (nSPS) is 10.7. The maximum absolute atomic E-state index is 13.1. The quantitative estimate of drug-likeness (QED) is 0.207. The van der Waals surface area contributed by atoms with Crippen LogP contribution in [0.1, 0.15) is 20.8 Å². The average Bonchev–Trinajstić information content (AvgIpc) is 2.74. The van der Waals surface area contributed by atoms with Crippen molar-refractivity contribution in [2.75, 3.05) is 0 Å². The van der Waals surface area contributed by atoms with Crippen molar-refractivity contribution in [3.05, 3.63) is 107 Å². The number of carbonyl (C=O) groups is 2. The number of halogens is 1. The lowest BCUT2D eigenvalue weighted by Crippen LogP contribution is -2.44. The predicted molar refractivity (Wildman–Crippen MR) is 111 cm³/mol. The minimum Gasteiger partial charge on any atom is -0.418 e. The number of hydrogen-bond acceptors (Lipinski definition) is 3. The van der Waals surface area contributed by atoms with Gasteiger partial charge in [-0.3, -0.25) is 4.79 Å². The van der Waals surface area contributed by atoms with Crippen molar-refractivity contribution < 1.29 is 18.9 Å². The second-order valence-corrected chi connectivity index (χ2v) is 6.95. The highest BCUT2D eigenvalue weighted by atomic mass is 35.5. The number of carbonyl (C=O) groups excluding carboxylic acids is 2. The summed E-state index contributed by atoms with van der Waals surface area (Å²) < 4.78 is 7.19. The molecule has 4 aromatic rings. The van der Waals surface area contributed by atoms with E-state index in [2.05, 4.69) is 0 Å². The number of hydrogen-bond donors (Lipinski definition) is 0. The molecule has 1 heterocycles. The Balaban J connectivity index is 1.74. The fourth-order valence-corrected chi connectivity index (χ4v) is 3.35. The summed E-state index contributed by atoms with van der Waals surface area (Å²) in [5, 5.41) is 2.07. The molecule has 0 aliphatic rings. The number of pyridine rings is 1. The monoisotopic (exact) mass is 402 g/mol. The largest absolute Gasteiger partial charge is 0.418 e. The number of nitrogens with zero attached hydrogens (tertiary/aromatic N) is 1. The first-order chi connectivity index (χ1) is 14.1. The van der Waals surface area contributed by atoms with Crippen LogP contribution in [0.2, 0.25) is 5.02 Å². The maximum Gasteiger partial charge on any atom is 0.409 e. The third-order valence-corrected chi connectivity index (χ3v) is 4.78. The van der Waals surface area contributed by atoms with E-state index in [4.69, 9.17) is 16.3 Å². The molecule has 0 N–H and O–H groups in total. The van der Waals surface area contributed by atoms with Gasteiger partial charge in [0, 0.05) is 16.7 Å². The van der Waals surface area contributed by atoms with E-state index in [0.29, 0.717) is 27.4 Å². The molecule has 0 aliphatic heterocycles. The highest BCUT2D eigenvalue weighted by molar-refractivity contribution is 6.30. The molecule has 4 rings (SSSR count). The van der Waals surface area contributed by atoms with Gasteiger partial charge in [0.1, 0.15) is 5.75 Å². The van der Waals surface area contributed by atoms with E-state index in [1.54, 1.807) is 47.2 Å². The summed E-state index contributed by atoms with van der Waals surface area (Å²) in [6, 6.07) is 25.0. The zero-order valence-corrected chi connectivity index (χ0v) is 16.2. The highest BCUT2D eigenvalue weighted by Crippen LogP contribution is 2.21. The molecule has 0 aliphatic carbocycles. The van der Waals surface area contributed by atoms with E-state index >= 15 is 0 Å². The molecule has 3 aromatic carbocycles. The molecule has 0 saturated heterocycles. The van der Waals surface area contributed by atoms with E-state index in [1.807, 2.05) is 48.5 Å². The molecule has 0 atom stereocenters. The third kappa shape index (κ3) is 4.18. The number of rotatable bonds is 5. The molecular weight excluding hydrogens is 386 g/mol. The van der Waals surface area contributed by atoms with Gasteiger partial charge in [0.2, 0.25) is 12.3 Å². The summed E-state index contributed by atoms with van der Waals surface area (Å²) in [6.45, 7) is 0.0226. The Morgan fingerprint density at radius 2 is 1.62 bits per heavy atom. The van der Waals surface area contributed by atoms with Gasteiger partial charge in [0.25, 0.3) is 5.69 Å². The van der Waals surface area contributed by atoms with E-state index in [-0.39, 0.29) is 12.3 Å². The molecule has 4 nitrogen and oxygen atoms in total. The summed E-state index contributed by atoms with van der Waals surface area (Å²) >= 11 is 6.00. The molecule has 142 valence electrons. The summed E-state index contributed by atoms with van der Waals surface area (Å²) in [7, 11) is 0. The molecule has 0 bridgehead atoms.